The van der Waals surface area contributed by atoms with E-state index in [4.69, 9.17) is 9.47 Å². The van der Waals surface area contributed by atoms with Gasteiger partial charge in [0, 0.05) is 6.20 Å². The van der Waals surface area contributed by atoms with E-state index in [0.29, 0.717) is 33.9 Å². The van der Waals surface area contributed by atoms with Gasteiger partial charge in [-0.3, -0.25) is 9.48 Å². The summed E-state index contributed by atoms with van der Waals surface area (Å²) in [5.41, 5.74) is 2.71. The highest BCUT2D eigenvalue weighted by Crippen LogP contribution is 2.31. The minimum absolute atomic E-state index is 0.327. The zero-order valence-corrected chi connectivity index (χ0v) is 16.9. The summed E-state index contributed by atoms with van der Waals surface area (Å²) in [5, 5.41) is 7.27. The van der Waals surface area contributed by atoms with E-state index in [1.807, 2.05) is 6.20 Å². The van der Waals surface area contributed by atoms with Gasteiger partial charge in [-0.1, -0.05) is 35.9 Å². The number of aryl methyl sites for hydroxylation is 1. The Hall–Kier alpha value is -2.80. The number of hydrogen-bond acceptors (Lipinski definition) is 4. The smallest absolute Gasteiger partial charge is 0.260 e. The van der Waals surface area contributed by atoms with E-state index in [-0.39, 0.29) is 5.91 Å². The summed E-state index contributed by atoms with van der Waals surface area (Å²) in [6, 6.07) is 13.4. The number of ether oxygens (including phenoxy) is 2. The van der Waals surface area contributed by atoms with Crippen LogP contribution in [-0.2, 0) is 6.54 Å². The van der Waals surface area contributed by atoms with Crippen LogP contribution >= 0.6 is 15.9 Å². The third-order valence-electron chi connectivity index (χ3n) is 4.06. The number of anilines is 1. The van der Waals surface area contributed by atoms with Gasteiger partial charge in [-0.05, 0) is 40.5 Å². The van der Waals surface area contributed by atoms with Gasteiger partial charge in [0.15, 0.2) is 17.3 Å². The van der Waals surface area contributed by atoms with Crippen LogP contribution in [0.25, 0.3) is 0 Å². The summed E-state index contributed by atoms with van der Waals surface area (Å²) >= 11 is 3.45. The van der Waals surface area contributed by atoms with Crippen LogP contribution in [0.1, 0.15) is 21.5 Å². The summed E-state index contributed by atoms with van der Waals surface area (Å²) in [7, 11) is 3.03. The fourth-order valence-electron chi connectivity index (χ4n) is 2.68. The standard InChI is InChI=1S/C20H20BrN3O3/c1-13-7-9-14(10-8-13)11-24-12-16(21)19(23-24)22-20(25)15-5-4-6-17(26-2)18(15)27-3/h4-10,12H,11H2,1-3H3,(H,22,23,25). The number of nitrogens with one attached hydrogen (secondary N) is 1. The highest BCUT2D eigenvalue weighted by molar-refractivity contribution is 9.10. The number of rotatable bonds is 6. The molecule has 3 aromatic rings. The van der Waals surface area contributed by atoms with Crippen molar-refractivity contribution in [3.63, 3.8) is 0 Å². The van der Waals surface area contributed by atoms with Crippen LogP contribution in [0.2, 0.25) is 0 Å². The second kappa shape index (κ2) is 8.26. The van der Waals surface area contributed by atoms with Gasteiger partial charge in [0.25, 0.3) is 5.91 Å². The normalized spacial score (nSPS) is 10.5. The second-order valence-corrected chi connectivity index (χ2v) is 6.86. The molecule has 140 valence electrons. The summed E-state index contributed by atoms with van der Waals surface area (Å²) in [6.07, 6.45) is 1.83. The molecule has 2 aromatic carbocycles. The van der Waals surface area contributed by atoms with E-state index in [9.17, 15) is 4.79 Å². The fourth-order valence-corrected chi connectivity index (χ4v) is 3.10. The Morgan fingerprint density at radius 3 is 2.56 bits per heavy atom. The molecule has 1 aromatic heterocycles. The van der Waals surface area contributed by atoms with E-state index < -0.39 is 0 Å². The van der Waals surface area contributed by atoms with Crippen LogP contribution < -0.4 is 14.8 Å². The lowest BCUT2D eigenvalue weighted by Crippen LogP contribution is -2.14. The number of para-hydroxylation sites is 1. The fraction of sp³-hybridized carbons (Fsp3) is 0.200. The Bertz CT molecular complexity index is 952. The largest absolute Gasteiger partial charge is 0.493 e. The van der Waals surface area contributed by atoms with E-state index in [1.165, 1.54) is 19.8 Å². The Balaban J connectivity index is 1.79. The third kappa shape index (κ3) is 4.31. The van der Waals surface area contributed by atoms with Crippen molar-refractivity contribution in [3.05, 3.63) is 69.8 Å². The van der Waals surface area contributed by atoms with Gasteiger partial charge in [0.2, 0.25) is 0 Å². The topological polar surface area (TPSA) is 65.4 Å². The molecule has 7 heteroatoms. The lowest BCUT2D eigenvalue weighted by atomic mass is 10.1. The van der Waals surface area contributed by atoms with Crippen LogP contribution in [0.5, 0.6) is 11.5 Å². The number of hydrogen-bond donors (Lipinski definition) is 1. The van der Waals surface area contributed by atoms with Crippen LogP contribution in [0, 0.1) is 6.92 Å². The molecule has 0 aliphatic carbocycles. The first-order valence-electron chi connectivity index (χ1n) is 8.32. The second-order valence-electron chi connectivity index (χ2n) is 6.00. The maximum absolute atomic E-state index is 12.7. The maximum Gasteiger partial charge on any atom is 0.260 e. The van der Waals surface area contributed by atoms with Crippen LogP contribution in [0.4, 0.5) is 5.82 Å². The van der Waals surface area contributed by atoms with Crippen LogP contribution in [0.3, 0.4) is 0 Å². The van der Waals surface area contributed by atoms with Crippen molar-refractivity contribution in [2.24, 2.45) is 0 Å². The van der Waals surface area contributed by atoms with Gasteiger partial charge in [0.1, 0.15) is 0 Å². The Morgan fingerprint density at radius 1 is 1.15 bits per heavy atom. The van der Waals surface area contributed by atoms with Gasteiger partial charge in [-0.25, -0.2) is 0 Å². The quantitative estimate of drug-likeness (QED) is 0.635. The van der Waals surface area contributed by atoms with Gasteiger partial charge in [-0.2, -0.15) is 5.10 Å². The lowest BCUT2D eigenvalue weighted by molar-refractivity contribution is 0.102. The zero-order chi connectivity index (χ0) is 19.4. The molecule has 1 heterocycles. The van der Waals surface area contributed by atoms with Crippen molar-refractivity contribution in [1.29, 1.82) is 0 Å². The molecule has 0 spiro atoms. The molecule has 3 rings (SSSR count). The molecular formula is C20H20BrN3O3. The molecule has 0 fully saturated rings. The predicted octanol–water partition coefficient (Wildman–Crippen LogP) is 4.27. The number of benzene rings is 2. The van der Waals surface area contributed by atoms with E-state index in [1.54, 1.807) is 22.9 Å². The molecule has 0 saturated heterocycles. The van der Waals surface area contributed by atoms with Gasteiger partial charge < -0.3 is 14.8 Å². The number of carbonyl (C=O) groups excluding carboxylic acids is 1. The Labute approximate surface area is 166 Å². The third-order valence-corrected chi connectivity index (χ3v) is 4.64. The van der Waals surface area contributed by atoms with Gasteiger partial charge >= 0.3 is 0 Å². The van der Waals surface area contributed by atoms with Crippen molar-refractivity contribution in [1.82, 2.24) is 9.78 Å². The lowest BCUT2D eigenvalue weighted by Gasteiger charge is -2.12. The maximum atomic E-state index is 12.7. The number of amides is 1. The summed E-state index contributed by atoms with van der Waals surface area (Å²) in [4.78, 5) is 12.7. The minimum atomic E-state index is -0.327. The summed E-state index contributed by atoms with van der Waals surface area (Å²) < 4.78 is 13.0. The molecule has 27 heavy (non-hydrogen) atoms. The zero-order valence-electron chi connectivity index (χ0n) is 15.3. The van der Waals surface area contributed by atoms with Crippen LogP contribution in [-0.4, -0.2) is 29.9 Å². The molecule has 0 aliphatic rings. The number of nitrogens with zero attached hydrogens (tertiary/aromatic N) is 2. The Kier molecular flexibility index (Phi) is 5.81. The molecule has 6 nitrogen and oxygen atoms in total. The molecule has 0 atom stereocenters. The monoisotopic (exact) mass is 429 g/mol. The van der Waals surface area contributed by atoms with E-state index >= 15 is 0 Å². The average molecular weight is 430 g/mol. The number of carbonyl (C=O) groups is 1. The first kappa shape index (κ1) is 19.0. The highest BCUT2D eigenvalue weighted by atomic mass is 79.9. The first-order chi connectivity index (χ1) is 13.0. The molecular weight excluding hydrogens is 410 g/mol. The number of aromatic nitrogens is 2. The van der Waals surface area contributed by atoms with Crippen molar-refractivity contribution in [3.8, 4) is 11.5 Å². The number of methoxy groups -OCH3 is 2. The molecule has 1 amide bonds. The van der Waals surface area contributed by atoms with Gasteiger partial charge in [-0.15, -0.1) is 0 Å². The van der Waals surface area contributed by atoms with E-state index in [2.05, 4.69) is 57.5 Å². The average Bonchev–Trinajstić information content (AvgIpc) is 3.01. The highest BCUT2D eigenvalue weighted by Gasteiger charge is 2.18. The van der Waals surface area contributed by atoms with Crippen molar-refractivity contribution < 1.29 is 14.3 Å². The molecule has 0 unspecified atom stereocenters. The molecule has 0 radical (unpaired) electrons. The molecule has 0 saturated carbocycles. The van der Waals surface area contributed by atoms with Crippen LogP contribution in [0.15, 0.2) is 53.1 Å². The minimum Gasteiger partial charge on any atom is -0.493 e. The SMILES string of the molecule is COc1cccc(C(=O)Nc2nn(Cc3ccc(C)cc3)cc2Br)c1OC. The van der Waals surface area contributed by atoms with Crippen molar-refractivity contribution in [2.75, 3.05) is 19.5 Å². The van der Waals surface area contributed by atoms with Gasteiger partial charge in [0.05, 0.1) is 30.8 Å². The van der Waals surface area contributed by atoms with E-state index in [0.717, 1.165) is 5.56 Å². The Morgan fingerprint density at radius 2 is 1.89 bits per heavy atom. The number of halogens is 1. The predicted molar refractivity (Wildman–Crippen MR) is 108 cm³/mol. The molecule has 0 aliphatic heterocycles. The summed E-state index contributed by atoms with van der Waals surface area (Å²) in [5.74, 6) is 0.992. The summed E-state index contributed by atoms with van der Waals surface area (Å²) in [6.45, 7) is 2.66. The molecule has 0 bridgehead atoms. The van der Waals surface area contributed by atoms with Crippen molar-refractivity contribution in [2.45, 2.75) is 13.5 Å². The first-order valence-corrected chi connectivity index (χ1v) is 9.12. The molecule has 1 N–H and O–H groups in total. The van der Waals surface area contributed by atoms with Crippen molar-refractivity contribution >= 4 is 27.7 Å².